The van der Waals surface area contributed by atoms with Gasteiger partial charge in [0, 0.05) is 26.1 Å². The molecule has 1 fully saturated rings. The number of β-amino-alcohol motifs (C(OH)–C–C–N with tert-alkyl or cyclic N) is 1. The highest BCUT2D eigenvalue weighted by atomic mass is 19.1. The van der Waals surface area contributed by atoms with Gasteiger partial charge in [-0.1, -0.05) is 6.08 Å². The van der Waals surface area contributed by atoms with Crippen LogP contribution < -0.4 is 5.32 Å². The zero-order valence-electron chi connectivity index (χ0n) is 20.3. The normalized spacial score (nSPS) is 20.2. The number of hydrogen-bond donors (Lipinski definition) is 2. The lowest BCUT2D eigenvalue weighted by Crippen LogP contribution is -2.47. The lowest BCUT2D eigenvalue weighted by molar-refractivity contribution is 0.0244. The number of alkyl halides is 1. The fourth-order valence-corrected chi connectivity index (χ4v) is 4.65. The van der Waals surface area contributed by atoms with E-state index in [0.29, 0.717) is 55.1 Å². The summed E-state index contributed by atoms with van der Waals surface area (Å²) in [6, 6.07) is 6.02. The second kappa shape index (κ2) is 9.72. The molecular weight excluding hydrogens is 447 g/mol. The molecule has 0 radical (unpaired) electrons. The van der Waals surface area contributed by atoms with Crippen LogP contribution in [0.5, 0.6) is 0 Å². The number of hydrogen-bond acceptors (Lipinski definition) is 6. The van der Waals surface area contributed by atoms with E-state index in [1.807, 2.05) is 0 Å². The van der Waals surface area contributed by atoms with E-state index in [0.717, 1.165) is 5.70 Å². The molecule has 184 valence electrons. The van der Waals surface area contributed by atoms with E-state index in [4.69, 9.17) is 0 Å². The molecule has 2 aromatic heterocycles. The van der Waals surface area contributed by atoms with Gasteiger partial charge in [-0.25, -0.2) is 9.07 Å². The molecule has 2 aromatic rings. The summed E-state index contributed by atoms with van der Waals surface area (Å²) in [5.74, 6) is -0.318. The molecule has 2 N–H and O–H groups in total. The molecule has 0 saturated carbocycles. The molecule has 1 saturated heterocycles. The van der Waals surface area contributed by atoms with Crippen molar-refractivity contribution in [3.05, 3.63) is 59.7 Å². The van der Waals surface area contributed by atoms with Gasteiger partial charge in [0.25, 0.3) is 5.91 Å². The second-order valence-corrected chi connectivity index (χ2v) is 9.96. The first-order valence-electron chi connectivity index (χ1n) is 11.8. The van der Waals surface area contributed by atoms with Gasteiger partial charge in [0.15, 0.2) is 0 Å². The molecule has 0 aromatic carbocycles. The van der Waals surface area contributed by atoms with Crippen molar-refractivity contribution in [2.75, 3.05) is 25.0 Å². The van der Waals surface area contributed by atoms with Crippen LogP contribution in [0.25, 0.3) is 5.70 Å². The molecule has 8 nitrogen and oxygen atoms in total. The average Bonchev–Trinajstić information content (AvgIpc) is 3.21. The van der Waals surface area contributed by atoms with Crippen molar-refractivity contribution in [1.82, 2.24) is 19.7 Å². The van der Waals surface area contributed by atoms with E-state index in [2.05, 4.69) is 26.4 Å². The van der Waals surface area contributed by atoms with Crippen LogP contribution in [0.2, 0.25) is 0 Å². The number of carbonyl (C=O) groups excluding carboxylic acids is 1. The predicted octanol–water partition coefficient (Wildman–Crippen LogP) is 3.61. The quantitative estimate of drug-likeness (QED) is 0.657. The van der Waals surface area contributed by atoms with Crippen molar-refractivity contribution in [1.29, 1.82) is 5.26 Å². The number of amides is 1. The monoisotopic (exact) mass is 478 g/mol. The zero-order valence-corrected chi connectivity index (χ0v) is 20.3. The Morgan fingerprint density at radius 1 is 1.34 bits per heavy atom. The summed E-state index contributed by atoms with van der Waals surface area (Å²) in [6.45, 7) is 7.33. The molecule has 4 rings (SSSR count). The number of aliphatic hydroxyl groups is 1. The van der Waals surface area contributed by atoms with Gasteiger partial charge in [0.2, 0.25) is 0 Å². The van der Waals surface area contributed by atoms with Gasteiger partial charge in [-0.2, -0.15) is 10.4 Å². The Morgan fingerprint density at radius 2 is 2.09 bits per heavy atom. The molecule has 1 unspecified atom stereocenters. The van der Waals surface area contributed by atoms with Crippen LogP contribution in [-0.4, -0.2) is 62.1 Å². The van der Waals surface area contributed by atoms with Gasteiger partial charge in [-0.05, 0) is 57.9 Å². The minimum atomic E-state index is -0.992. The van der Waals surface area contributed by atoms with E-state index >= 15 is 0 Å². The first-order valence-corrected chi connectivity index (χ1v) is 11.8. The Labute approximate surface area is 204 Å². The van der Waals surface area contributed by atoms with Crippen molar-refractivity contribution in [3.8, 4) is 6.07 Å². The highest BCUT2D eigenvalue weighted by molar-refractivity contribution is 6.05. The standard InChI is InChI=1S/C26H31FN6O2/c1-18-22(15-30-33(18)21-7-4-19(27)5-8-21)24(34)31-20-6-9-23(29-14-20)26(16-28)10-12-32(13-11-26)17-25(2,3)35/h4,6-9,14-15,19,35H,5,10-13,17H2,1-3H3,(H,31,34). The highest BCUT2D eigenvalue weighted by Crippen LogP contribution is 2.34. The number of rotatable bonds is 6. The smallest absolute Gasteiger partial charge is 0.259 e. The van der Waals surface area contributed by atoms with Crippen molar-refractivity contribution in [2.24, 2.45) is 0 Å². The predicted molar refractivity (Wildman–Crippen MR) is 131 cm³/mol. The number of nitrogens with one attached hydrogen (secondary N) is 1. The van der Waals surface area contributed by atoms with Crippen LogP contribution in [0.15, 0.2) is 42.8 Å². The minimum absolute atomic E-state index is 0.284. The SMILES string of the molecule is Cc1c(C(=O)Nc2ccc(C3(C#N)CCN(CC(C)(C)O)CC3)nc2)cnn1C1=CCC(F)C=C1. The molecule has 1 aliphatic heterocycles. The first-order chi connectivity index (χ1) is 16.6. The molecule has 9 heteroatoms. The van der Waals surface area contributed by atoms with Crippen molar-refractivity contribution in [3.63, 3.8) is 0 Å². The van der Waals surface area contributed by atoms with Crippen LogP contribution in [0.3, 0.4) is 0 Å². The summed E-state index contributed by atoms with van der Waals surface area (Å²) in [4.78, 5) is 19.6. The minimum Gasteiger partial charge on any atom is -0.389 e. The number of pyridine rings is 1. The zero-order chi connectivity index (χ0) is 25.2. The summed E-state index contributed by atoms with van der Waals surface area (Å²) in [5, 5.41) is 27.2. The Bertz CT molecular complexity index is 1180. The van der Waals surface area contributed by atoms with Crippen molar-refractivity contribution < 1.29 is 14.3 Å². The van der Waals surface area contributed by atoms with E-state index < -0.39 is 17.2 Å². The third-order valence-corrected chi connectivity index (χ3v) is 6.57. The number of nitrogens with zero attached hydrogens (tertiary/aromatic N) is 5. The van der Waals surface area contributed by atoms with Gasteiger partial charge in [-0.15, -0.1) is 0 Å². The molecule has 35 heavy (non-hydrogen) atoms. The van der Waals surface area contributed by atoms with E-state index in [9.17, 15) is 19.6 Å². The van der Waals surface area contributed by atoms with Gasteiger partial charge in [-0.3, -0.25) is 9.78 Å². The van der Waals surface area contributed by atoms with Crippen LogP contribution in [0.4, 0.5) is 10.1 Å². The van der Waals surface area contributed by atoms with E-state index in [1.165, 1.54) is 12.3 Å². The first kappa shape index (κ1) is 24.8. The number of piperidine rings is 1. The lowest BCUT2D eigenvalue weighted by Gasteiger charge is -2.39. The maximum Gasteiger partial charge on any atom is 0.259 e. The number of nitriles is 1. The molecular formula is C26H31FN6O2. The average molecular weight is 479 g/mol. The van der Waals surface area contributed by atoms with Gasteiger partial charge in [0.1, 0.15) is 11.6 Å². The molecule has 1 amide bonds. The second-order valence-electron chi connectivity index (χ2n) is 9.96. The third kappa shape index (κ3) is 5.50. The third-order valence-electron chi connectivity index (χ3n) is 6.57. The van der Waals surface area contributed by atoms with Crippen molar-refractivity contribution in [2.45, 2.75) is 57.2 Å². The molecule has 1 aliphatic carbocycles. The summed E-state index contributed by atoms with van der Waals surface area (Å²) < 4.78 is 15.0. The fourth-order valence-electron chi connectivity index (χ4n) is 4.65. The Balaban J connectivity index is 1.42. The van der Waals surface area contributed by atoms with Gasteiger partial charge >= 0.3 is 0 Å². The number of halogens is 1. The largest absolute Gasteiger partial charge is 0.389 e. The number of carbonyl (C=O) groups is 1. The molecule has 2 aliphatic rings. The Kier molecular flexibility index (Phi) is 6.88. The molecule has 0 spiro atoms. The maximum absolute atomic E-state index is 13.4. The number of anilines is 1. The van der Waals surface area contributed by atoms with Crippen LogP contribution in [0.1, 0.15) is 54.9 Å². The maximum atomic E-state index is 13.4. The highest BCUT2D eigenvalue weighted by Gasteiger charge is 2.38. The van der Waals surface area contributed by atoms with Crippen LogP contribution in [0, 0.1) is 18.3 Å². The van der Waals surface area contributed by atoms with E-state index in [1.54, 1.807) is 55.9 Å². The molecule has 1 atom stereocenters. The number of allylic oxidation sites excluding steroid dienone is 4. The van der Waals surface area contributed by atoms with Crippen LogP contribution in [-0.2, 0) is 5.41 Å². The fraction of sp³-hybridized carbons (Fsp3) is 0.462. The van der Waals surface area contributed by atoms with Crippen LogP contribution >= 0.6 is 0 Å². The topological polar surface area (TPSA) is 107 Å². The van der Waals surface area contributed by atoms with E-state index in [-0.39, 0.29) is 12.3 Å². The summed E-state index contributed by atoms with van der Waals surface area (Å²) in [6.07, 6.45) is 8.52. The Morgan fingerprint density at radius 3 is 2.66 bits per heavy atom. The van der Waals surface area contributed by atoms with Gasteiger partial charge in [0.05, 0.1) is 52.4 Å². The van der Waals surface area contributed by atoms with Crippen molar-refractivity contribution >= 4 is 17.3 Å². The lowest BCUT2D eigenvalue weighted by atomic mass is 9.76. The summed E-state index contributed by atoms with van der Waals surface area (Å²) >= 11 is 0. The number of aromatic nitrogens is 3. The molecule has 3 heterocycles. The molecule has 0 bridgehead atoms. The summed E-state index contributed by atoms with van der Waals surface area (Å²) in [5.41, 5.74) is 1.55. The Hall–Kier alpha value is -3.35. The summed E-state index contributed by atoms with van der Waals surface area (Å²) in [7, 11) is 0. The van der Waals surface area contributed by atoms with Gasteiger partial charge < -0.3 is 15.3 Å². The number of likely N-dealkylation sites (tertiary alicyclic amines) is 1.